The van der Waals surface area contributed by atoms with Crippen LogP contribution in [-0.4, -0.2) is 35.8 Å². The zero-order valence-electron chi connectivity index (χ0n) is 14.5. The molecule has 3 rings (SSSR count). The third-order valence-electron chi connectivity index (χ3n) is 5.24. The lowest BCUT2D eigenvalue weighted by Crippen LogP contribution is -2.43. The predicted molar refractivity (Wildman–Crippen MR) is 100 cm³/mol. The smallest absolute Gasteiger partial charge is 0.241 e. The van der Waals surface area contributed by atoms with Gasteiger partial charge >= 0.3 is 0 Å². The molecule has 3 N–H and O–H groups in total. The highest BCUT2D eigenvalue weighted by Crippen LogP contribution is 2.26. The van der Waals surface area contributed by atoms with Gasteiger partial charge in [0.05, 0.1) is 0 Å². The highest BCUT2D eigenvalue weighted by atomic mass is 35.5. The molecule has 2 fully saturated rings. The van der Waals surface area contributed by atoms with Crippen LogP contribution in [0.15, 0.2) is 30.3 Å². The third kappa shape index (κ3) is 4.95. The van der Waals surface area contributed by atoms with Crippen molar-refractivity contribution in [3.8, 4) is 0 Å². The van der Waals surface area contributed by atoms with Gasteiger partial charge < -0.3 is 16.0 Å². The van der Waals surface area contributed by atoms with Crippen LogP contribution in [-0.2, 0) is 9.59 Å². The van der Waals surface area contributed by atoms with E-state index in [2.05, 4.69) is 5.32 Å². The second-order valence-electron chi connectivity index (χ2n) is 7.00. The Balaban J connectivity index is 0.00000225. The van der Waals surface area contributed by atoms with Crippen molar-refractivity contribution in [3.05, 3.63) is 35.9 Å². The standard InChI is InChI=1S/C19H27N3O2.ClH/c20-17(14-7-3-1-4-8-14)18(23)21-16-11-12-22(13-16)19(24)15-9-5-2-6-10-15;/h1,3-4,7-8,15-17H,2,5-6,9-13,20H2,(H,21,23);1H. The number of nitrogens with two attached hydrogens (primary N) is 1. The van der Waals surface area contributed by atoms with Crippen molar-refractivity contribution >= 4 is 24.2 Å². The quantitative estimate of drug-likeness (QED) is 0.860. The number of likely N-dealkylation sites (tertiary alicyclic amines) is 1. The normalized spacial score (nSPS) is 22.1. The van der Waals surface area contributed by atoms with Gasteiger partial charge in [0, 0.05) is 25.0 Å². The van der Waals surface area contributed by atoms with Crippen molar-refractivity contribution in [2.24, 2.45) is 11.7 Å². The van der Waals surface area contributed by atoms with Gasteiger partial charge in [-0.15, -0.1) is 12.4 Å². The summed E-state index contributed by atoms with van der Waals surface area (Å²) in [6.07, 6.45) is 6.43. The molecule has 25 heavy (non-hydrogen) atoms. The van der Waals surface area contributed by atoms with E-state index in [0.29, 0.717) is 6.54 Å². The number of halogens is 1. The summed E-state index contributed by atoms with van der Waals surface area (Å²) in [4.78, 5) is 26.8. The molecular weight excluding hydrogens is 338 g/mol. The fourth-order valence-corrected chi connectivity index (χ4v) is 3.79. The lowest BCUT2D eigenvalue weighted by molar-refractivity contribution is -0.135. The van der Waals surface area contributed by atoms with Crippen molar-refractivity contribution in [1.29, 1.82) is 0 Å². The SMILES string of the molecule is Cl.NC(C(=O)NC1CCN(C(=O)C2CCCCC2)C1)c1ccccc1. The molecule has 0 radical (unpaired) electrons. The van der Waals surface area contributed by atoms with Crippen LogP contribution in [0.2, 0.25) is 0 Å². The van der Waals surface area contributed by atoms with Crippen LogP contribution in [0.4, 0.5) is 0 Å². The van der Waals surface area contributed by atoms with E-state index in [9.17, 15) is 9.59 Å². The average Bonchev–Trinajstić information content (AvgIpc) is 3.10. The Morgan fingerprint density at radius 1 is 1.08 bits per heavy atom. The Labute approximate surface area is 155 Å². The molecule has 2 unspecified atom stereocenters. The minimum atomic E-state index is -0.658. The molecule has 0 aromatic heterocycles. The Hall–Kier alpha value is -1.59. The second kappa shape index (κ2) is 9.20. The van der Waals surface area contributed by atoms with E-state index in [-0.39, 0.29) is 36.2 Å². The molecular formula is C19H28ClN3O2. The summed E-state index contributed by atoms with van der Waals surface area (Å²) in [7, 11) is 0. The van der Waals surface area contributed by atoms with Crippen molar-refractivity contribution in [2.75, 3.05) is 13.1 Å². The molecule has 5 nitrogen and oxygen atoms in total. The molecule has 2 amide bonds. The fourth-order valence-electron chi connectivity index (χ4n) is 3.79. The van der Waals surface area contributed by atoms with Crippen LogP contribution in [0.5, 0.6) is 0 Å². The number of amides is 2. The van der Waals surface area contributed by atoms with Crippen molar-refractivity contribution in [1.82, 2.24) is 10.2 Å². The van der Waals surface area contributed by atoms with Gasteiger partial charge in [0.25, 0.3) is 0 Å². The van der Waals surface area contributed by atoms with Crippen LogP contribution in [0, 0.1) is 5.92 Å². The molecule has 1 aromatic carbocycles. The summed E-state index contributed by atoms with van der Waals surface area (Å²) in [5, 5.41) is 3.01. The van der Waals surface area contributed by atoms with Crippen LogP contribution >= 0.6 is 12.4 Å². The molecule has 1 aliphatic carbocycles. The first-order valence-corrected chi connectivity index (χ1v) is 9.05. The average molecular weight is 366 g/mol. The topological polar surface area (TPSA) is 75.4 Å². The van der Waals surface area contributed by atoms with Gasteiger partial charge in [-0.3, -0.25) is 9.59 Å². The molecule has 0 spiro atoms. The first-order valence-electron chi connectivity index (χ1n) is 9.05. The van der Waals surface area contributed by atoms with E-state index in [1.165, 1.54) is 6.42 Å². The number of carbonyl (C=O) groups excluding carboxylic acids is 2. The predicted octanol–water partition coefficient (Wildman–Crippen LogP) is 2.41. The van der Waals surface area contributed by atoms with Crippen molar-refractivity contribution < 1.29 is 9.59 Å². The number of nitrogens with one attached hydrogen (secondary N) is 1. The molecule has 6 heteroatoms. The number of carbonyl (C=O) groups is 2. The van der Waals surface area contributed by atoms with E-state index in [1.807, 2.05) is 35.2 Å². The monoisotopic (exact) mass is 365 g/mol. The summed E-state index contributed by atoms with van der Waals surface area (Å²) in [6, 6.07) is 8.73. The molecule has 1 aliphatic heterocycles. The number of nitrogens with zero attached hydrogens (tertiary/aromatic N) is 1. The van der Waals surface area contributed by atoms with Crippen LogP contribution in [0.1, 0.15) is 50.1 Å². The van der Waals surface area contributed by atoms with Crippen molar-refractivity contribution in [3.63, 3.8) is 0 Å². The lowest BCUT2D eigenvalue weighted by Gasteiger charge is -2.26. The number of benzene rings is 1. The number of hydrogen-bond acceptors (Lipinski definition) is 3. The summed E-state index contributed by atoms with van der Waals surface area (Å²) in [5.41, 5.74) is 6.84. The number of rotatable bonds is 4. The van der Waals surface area contributed by atoms with Gasteiger partial charge in [-0.25, -0.2) is 0 Å². The summed E-state index contributed by atoms with van der Waals surface area (Å²) in [5.74, 6) is 0.303. The second-order valence-corrected chi connectivity index (χ2v) is 7.00. The molecule has 138 valence electrons. The minimum Gasteiger partial charge on any atom is -0.350 e. The first kappa shape index (κ1) is 19.7. The summed E-state index contributed by atoms with van der Waals surface area (Å²) >= 11 is 0. The largest absolute Gasteiger partial charge is 0.350 e. The molecule has 1 saturated carbocycles. The third-order valence-corrected chi connectivity index (χ3v) is 5.24. The van der Waals surface area contributed by atoms with Gasteiger partial charge in [-0.2, -0.15) is 0 Å². The van der Waals surface area contributed by atoms with E-state index in [1.54, 1.807) is 0 Å². The maximum absolute atomic E-state index is 12.6. The van der Waals surface area contributed by atoms with E-state index < -0.39 is 6.04 Å². The van der Waals surface area contributed by atoms with Gasteiger partial charge in [0.15, 0.2) is 0 Å². The van der Waals surface area contributed by atoms with E-state index >= 15 is 0 Å². The zero-order chi connectivity index (χ0) is 16.9. The Kier molecular flexibility index (Phi) is 7.26. The van der Waals surface area contributed by atoms with E-state index in [0.717, 1.165) is 44.2 Å². The minimum absolute atomic E-state index is 0. The molecule has 1 saturated heterocycles. The molecule has 2 aliphatic rings. The fraction of sp³-hybridized carbons (Fsp3) is 0.579. The van der Waals surface area contributed by atoms with Crippen LogP contribution < -0.4 is 11.1 Å². The van der Waals surface area contributed by atoms with Gasteiger partial charge in [-0.05, 0) is 24.8 Å². The van der Waals surface area contributed by atoms with Crippen LogP contribution in [0.25, 0.3) is 0 Å². The highest BCUT2D eigenvalue weighted by molar-refractivity contribution is 5.85. The van der Waals surface area contributed by atoms with Gasteiger partial charge in [0.1, 0.15) is 6.04 Å². The molecule has 1 heterocycles. The maximum Gasteiger partial charge on any atom is 0.241 e. The van der Waals surface area contributed by atoms with E-state index in [4.69, 9.17) is 5.73 Å². The molecule has 2 atom stereocenters. The zero-order valence-corrected chi connectivity index (χ0v) is 15.3. The van der Waals surface area contributed by atoms with Gasteiger partial charge in [-0.1, -0.05) is 49.6 Å². The Morgan fingerprint density at radius 2 is 1.76 bits per heavy atom. The van der Waals surface area contributed by atoms with Gasteiger partial charge in [0.2, 0.25) is 11.8 Å². The number of hydrogen-bond donors (Lipinski definition) is 2. The summed E-state index contributed by atoms with van der Waals surface area (Å²) in [6.45, 7) is 1.35. The Morgan fingerprint density at radius 3 is 2.44 bits per heavy atom. The lowest BCUT2D eigenvalue weighted by atomic mass is 9.88. The summed E-state index contributed by atoms with van der Waals surface area (Å²) < 4.78 is 0. The molecule has 1 aromatic rings. The highest BCUT2D eigenvalue weighted by Gasteiger charge is 2.32. The first-order chi connectivity index (χ1) is 11.6. The van der Waals surface area contributed by atoms with Crippen molar-refractivity contribution in [2.45, 2.75) is 50.6 Å². The Bertz CT molecular complexity index is 575. The maximum atomic E-state index is 12.6. The van der Waals surface area contributed by atoms with Crippen LogP contribution in [0.3, 0.4) is 0 Å². The molecule has 0 bridgehead atoms.